The van der Waals surface area contributed by atoms with Crippen molar-refractivity contribution in [2.24, 2.45) is 0 Å². The van der Waals surface area contributed by atoms with Crippen LogP contribution in [0.2, 0.25) is 0 Å². The van der Waals surface area contributed by atoms with Crippen LogP contribution in [0.1, 0.15) is 55.2 Å². The maximum Gasteiger partial charge on any atom is 0.307 e. The fourth-order valence-corrected chi connectivity index (χ4v) is 4.73. The molecule has 2 atom stereocenters. The second-order valence-electron chi connectivity index (χ2n) is 8.21. The average Bonchev–Trinajstić information content (AvgIpc) is 3.37. The first-order chi connectivity index (χ1) is 17.0. The molecule has 0 N–H and O–H groups in total. The van der Waals surface area contributed by atoms with E-state index in [1.54, 1.807) is 37.5 Å². The normalized spacial score (nSPS) is 16.7. The van der Waals surface area contributed by atoms with E-state index in [-0.39, 0.29) is 25.9 Å². The maximum absolute atomic E-state index is 11.8. The zero-order valence-corrected chi connectivity index (χ0v) is 20.4. The summed E-state index contributed by atoms with van der Waals surface area (Å²) in [5.41, 5.74) is 2.97. The van der Waals surface area contributed by atoms with Crippen LogP contribution in [0.3, 0.4) is 0 Å². The van der Waals surface area contributed by atoms with Crippen molar-refractivity contribution in [3.63, 3.8) is 0 Å². The number of esters is 1. The molecule has 10 heteroatoms. The predicted octanol–water partition coefficient (Wildman–Crippen LogP) is 3.83. The third-order valence-corrected chi connectivity index (χ3v) is 6.75. The molecule has 0 aliphatic carbocycles. The van der Waals surface area contributed by atoms with Gasteiger partial charge >= 0.3 is 5.97 Å². The summed E-state index contributed by atoms with van der Waals surface area (Å²) in [6.07, 6.45) is 6.21. The molecule has 2 aromatic heterocycles. The summed E-state index contributed by atoms with van der Waals surface area (Å²) in [5, 5.41) is 3.48. The van der Waals surface area contributed by atoms with Crippen molar-refractivity contribution in [2.75, 3.05) is 13.2 Å². The fourth-order valence-electron chi connectivity index (χ4n) is 4.03. The minimum absolute atomic E-state index is 0.0734. The lowest BCUT2D eigenvalue weighted by atomic mass is 10.1. The van der Waals surface area contributed by atoms with Gasteiger partial charge < -0.3 is 14.2 Å². The molecule has 3 aromatic rings. The van der Waals surface area contributed by atoms with Crippen molar-refractivity contribution in [3.05, 3.63) is 66.0 Å². The van der Waals surface area contributed by atoms with Crippen LogP contribution >= 0.6 is 0 Å². The Morgan fingerprint density at radius 1 is 1.23 bits per heavy atom. The van der Waals surface area contributed by atoms with E-state index >= 15 is 0 Å². The molecule has 1 aliphatic heterocycles. The zero-order chi connectivity index (χ0) is 24.6. The zero-order valence-electron chi connectivity index (χ0n) is 19.5. The van der Waals surface area contributed by atoms with Crippen LogP contribution in [0.25, 0.3) is 11.4 Å². The number of nitrogens with zero attached hydrogens (tertiary/aromatic N) is 3. The highest BCUT2D eigenvalue weighted by Gasteiger charge is 2.21. The van der Waals surface area contributed by atoms with Gasteiger partial charge in [-0.1, -0.05) is 24.3 Å². The van der Waals surface area contributed by atoms with Crippen LogP contribution in [-0.2, 0) is 31.6 Å². The molecular weight excluding hydrogens is 470 g/mol. The Balaban J connectivity index is 1.41. The molecule has 0 saturated carbocycles. The van der Waals surface area contributed by atoms with E-state index in [9.17, 15) is 13.2 Å². The van der Waals surface area contributed by atoms with E-state index in [4.69, 9.17) is 14.2 Å². The highest BCUT2D eigenvalue weighted by molar-refractivity contribution is 7.72. The molecule has 0 spiro atoms. The Kier molecular flexibility index (Phi) is 8.49. The van der Waals surface area contributed by atoms with Crippen molar-refractivity contribution in [3.8, 4) is 17.1 Å². The average molecular weight is 500 g/mol. The number of ether oxygens (including phenoxy) is 3. The van der Waals surface area contributed by atoms with Gasteiger partial charge in [-0.05, 0) is 55.5 Å². The minimum Gasteiger partial charge on any atom is -0.487 e. The molecule has 4 rings (SSSR count). The lowest BCUT2D eigenvalue weighted by molar-refractivity contribution is -0.143. The van der Waals surface area contributed by atoms with Crippen molar-refractivity contribution in [1.82, 2.24) is 14.8 Å². The quantitative estimate of drug-likeness (QED) is 0.331. The van der Waals surface area contributed by atoms with Gasteiger partial charge in [-0.25, -0.2) is 13.1 Å². The molecule has 9 nitrogen and oxygen atoms in total. The lowest BCUT2D eigenvalue weighted by Crippen LogP contribution is -2.20. The van der Waals surface area contributed by atoms with E-state index < -0.39 is 21.9 Å². The highest BCUT2D eigenvalue weighted by Crippen LogP contribution is 2.28. The number of hydrogen-bond acceptors (Lipinski definition) is 8. The van der Waals surface area contributed by atoms with Crippen LogP contribution in [0.4, 0.5) is 0 Å². The predicted molar refractivity (Wildman–Crippen MR) is 129 cm³/mol. The summed E-state index contributed by atoms with van der Waals surface area (Å²) >= 11 is 0. The van der Waals surface area contributed by atoms with Gasteiger partial charge in [0.05, 0.1) is 35.9 Å². The summed E-state index contributed by atoms with van der Waals surface area (Å²) < 4.78 is 42.0. The van der Waals surface area contributed by atoms with Crippen LogP contribution in [0, 0.1) is 0 Å². The Bertz CT molecular complexity index is 1190. The molecule has 0 bridgehead atoms. The molecule has 1 saturated heterocycles. The summed E-state index contributed by atoms with van der Waals surface area (Å²) in [5.74, 6) is 0.0398. The molecule has 2 unspecified atom stereocenters. The molecule has 35 heavy (non-hydrogen) atoms. The fraction of sp³-hybridized carbons (Fsp3) is 0.400. The third-order valence-electron chi connectivity index (χ3n) is 5.76. The number of rotatable bonds is 10. The largest absolute Gasteiger partial charge is 0.487 e. The van der Waals surface area contributed by atoms with Crippen LogP contribution in [-0.4, -0.2) is 42.4 Å². The van der Waals surface area contributed by atoms with Gasteiger partial charge in [0.1, 0.15) is 23.1 Å². The van der Waals surface area contributed by atoms with Gasteiger partial charge in [-0.15, -0.1) is 0 Å². The van der Waals surface area contributed by atoms with Crippen LogP contribution in [0.15, 0.2) is 54.9 Å². The third kappa shape index (κ3) is 6.46. The standard InChI is InChI=1S/C25H29N3O6S/c1-2-32-25(29)15-23(35(30)31)19-7-5-6-18(14-19)17-34-20-9-10-21(26-16-20)22-11-12-27-28(22)24-8-3-4-13-33-24/h5-7,9-12,14,16,23-24,35H,2-4,8,13,15,17H2,1H3. The van der Waals surface area contributed by atoms with Gasteiger partial charge in [-0.2, -0.15) is 5.10 Å². The Hall–Kier alpha value is -3.24. The van der Waals surface area contributed by atoms with E-state index in [1.807, 2.05) is 28.9 Å². The molecule has 186 valence electrons. The van der Waals surface area contributed by atoms with Gasteiger partial charge in [0, 0.05) is 12.8 Å². The number of aromatic nitrogens is 3. The first-order valence-electron chi connectivity index (χ1n) is 11.7. The first kappa shape index (κ1) is 24.9. The molecule has 0 amide bonds. The van der Waals surface area contributed by atoms with Gasteiger partial charge in [-0.3, -0.25) is 9.78 Å². The van der Waals surface area contributed by atoms with E-state index in [2.05, 4.69) is 10.1 Å². The molecule has 1 aromatic carbocycles. The van der Waals surface area contributed by atoms with Gasteiger partial charge in [0.2, 0.25) is 0 Å². The Labute approximate surface area is 206 Å². The van der Waals surface area contributed by atoms with E-state index in [1.165, 1.54) is 0 Å². The maximum atomic E-state index is 11.8. The molecule has 3 heterocycles. The second-order valence-corrected chi connectivity index (χ2v) is 9.40. The van der Waals surface area contributed by atoms with Crippen molar-refractivity contribution < 1.29 is 27.4 Å². The Morgan fingerprint density at radius 3 is 2.83 bits per heavy atom. The van der Waals surface area contributed by atoms with Crippen molar-refractivity contribution in [1.29, 1.82) is 0 Å². The van der Waals surface area contributed by atoms with Crippen LogP contribution in [0.5, 0.6) is 5.75 Å². The van der Waals surface area contributed by atoms with E-state index in [0.29, 0.717) is 11.3 Å². The molecular formula is C25H29N3O6S. The number of thiol groups is 1. The topological polar surface area (TPSA) is 110 Å². The monoisotopic (exact) mass is 499 g/mol. The molecule has 1 fully saturated rings. The SMILES string of the molecule is CCOC(=O)CC(c1cccc(COc2ccc(-c3ccnn3C3CCCCO3)nc2)c1)[SH](=O)=O. The minimum atomic E-state index is -2.85. The summed E-state index contributed by atoms with van der Waals surface area (Å²) in [6.45, 7) is 2.85. The summed E-state index contributed by atoms with van der Waals surface area (Å²) in [4.78, 5) is 16.4. The highest BCUT2D eigenvalue weighted by atomic mass is 32.2. The number of hydrogen-bond donors (Lipinski definition) is 1. The van der Waals surface area contributed by atoms with Crippen molar-refractivity contribution in [2.45, 2.75) is 50.7 Å². The summed E-state index contributed by atoms with van der Waals surface area (Å²) in [6, 6.07) is 12.6. The summed E-state index contributed by atoms with van der Waals surface area (Å²) in [7, 11) is -2.85. The molecule has 1 aliphatic rings. The van der Waals surface area contributed by atoms with Gasteiger partial charge in [0.15, 0.2) is 6.23 Å². The van der Waals surface area contributed by atoms with Crippen LogP contribution < -0.4 is 4.74 Å². The molecule has 0 radical (unpaired) electrons. The second kappa shape index (κ2) is 11.9. The smallest absolute Gasteiger partial charge is 0.307 e. The number of carbonyl (C=O) groups is 1. The lowest BCUT2D eigenvalue weighted by Gasteiger charge is -2.24. The van der Waals surface area contributed by atoms with Gasteiger partial charge in [0.25, 0.3) is 0 Å². The number of benzene rings is 1. The first-order valence-corrected chi connectivity index (χ1v) is 12.9. The van der Waals surface area contributed by atoms with Crippen molar-refractivity contribution >= 4 is 16.7 Å². The van der Waals surface area contributed by atoms with E-state index in [0.717, 1.165) is 42.8 Å². The number of carbonyl (C=O) groups excluding carboxylic acids is 1. The number of pyridine rings is 1. The Morgan fingerprint density at radius 2 is 2.11 bits per heavy atom.